The van der Waals surface area contributed by atoms with Crippen LogP contribution in [0, 0.1) is 0 Å². The van der Waals surface area contributed by atoms with Crippen LogP contribution in [0.4, 0.5) is 10.5 Å². The summed E-state index contributed by atoms with van der Waals surface area (Å²) in [6, 6.07) is 3.75. The van der Waals surface area contributed by atoms with Gasteiger partial charge in [0.2, 0.25) is 0 Å². The maximum atomic E-state index is 12.4. The minimum atomic E-state index is -0.489. The standard InChI is InChI=1S/C16H15Cl2N7O2/c1-9(14-21-8-22-25(14)15-19-4-3-5-20-15)23-16(26)24-12-7-13(27-2)11(18)6-10(12)17/h3-9H,1-2H3,(H2,23,24,26). The fraction of sp³-hybridized carbons (Fsp3) is 0.188. The molecule has 0 spiro atoms. The molecule has 0 saturated carbocycles. The van der Waals surface area contributed by atoms with Crippen molar-refractivity contribution in [3.63, 3.8) is 0 Å². The number of aromatic nitrogens is 5. The second kappa shape index (κ2) is 8.19. The fourth-order valence-electron chi connectivity index (χ4n) is 2.30. The molecule has 27 heavy (non-hydrogen) atoms. The van der Waals surface area contributed by atoms with Crippen LogP contribution < -0.4 is 15.4 Å². The second-order valence-corrected chi connectivity index (χ2v) is 6.18. The molecule has 2 amide bonds. The van der Waals surface area contributed by atoms with Crippen LogP contribution >= 0.6 is 23.2 Å². The van der Waals surface area contributed by atoms with Crippen molar-refractivity contribution in [3.8, 4) is 11.7 Å². The molecule has 2 N–H and O–H groups in total. The normalized spacial score (nSPS) is 11.7. The predicted molar refractivity (Wildman–Crippen MR) is 101 cm³/mol. The van der Waals surface area contributed by atoms with Crippen molar-refractivity contribution in [1.82, 2.24) is 30.0 Å². The molecule has 1 atom stereocenters. The number of carbonyl (C=O) groups is 1. The number of rotatable bonds is 5. The zero-order chi connectivity index (χ0) is 19.4. The number of nitrogens with zero attached hydrogens (tertiary/aromatic N) is 5. The van der Waals surface area contributed by atoms with Crippen molar-refractivity contribution in [2.75, 3.05) is 12.4 Å². The molecule has 0 bridgehead atoms. The van der Waals surface area contributed by atoms with E-state index >= 15 is 0 Å². The molecule has 0 radical (unpaired) electrons. The van der Waals surface area contributed by atoms with Crippen LogP contribution in [0.2, 0.25) is 10.0 Å². The number of hydrogen-bond acceptors (Lipinski definition) is 6. The zero-order valence-electron chi connectivity index (χ0n) is 14.3. The largest absolute Gasteiger partial charge is 0.495 e. The number of methoxy groups -OCH3 is 1. The Hall–Kier alpha value is -2.91. The molecule has 1 unspecified atom stereocenters. The lowest BCUT2D eigenvalue weighted by Gasteiger charge is -2.16. The molecule has 3 aromatic rings. The van der Waals surface area contributed by atoms with Gasteiger partial charge in [-0.15, -0.1) is 0 Å². The number of carbonyl (C=O) groups excluding carboxylic acids is 1. The summed E-state index contributed by atoms with van der Waals surface area (Å²) in [5.74, 6) is 1.21. The molecule has 0 aliphatic rings. The van der Waals surface area contributed by atoms with Crippen molar-refractivity contribution in [3.05, 3.63) is 52.8 Å². The van der Waals surface area contributed by atoms with E-state index < -0.39 is 12.1 Å². The molecule has 3 rings (SSSR count). The molecular weight excluding hydrogens is 393 g/mol. The van der Waals surface area contributed by atoms with Crippen LogP contribution in [-0.4, -0.2) is 37.9 Å². The first-order chi connectivity index (χ1) is 13.0. The van der Waals surface area contributed by atoms with E-state index in [0.717, 1.165) is 0 Å². The molecule has 0 aliphatic carbocycles. The molecule has 0 aliphatic heterocycles. The van der Waals surface area contributed by atoms with Gasteiger partial charge in [0.1, 0.15) is 12.1 Å². The Labute approximate surface area is 164 Å². The predicted octanol–water partition coefficient (Wildman–Crippen LogP) is 3.26. The van der Waals surface area contributed by atoms with Crippen molar-refractivity contribution >= 4 is 34.9 Å². The Morgan fingerprint density at radius 3 is 2.63 bits per heavy atom. The average Bonchev–Trinajstić information content (AvgIpc) is 3.14. The monoisotopic (exact) mass is 407 g/mol. The summed E-state index contributed by atoms with van der Waals surface area (Å²) < 4.78 is 6.58. The van der Waals surface area contributed by atoms with Crippen LogP contribution in [-0.2, 0) is 0 Å². The van der Waals surface area contributed by atoms with Gasteiger partial charge in [0, 0.05) is 18.5 Å². The van der Waals surface area contributed by atoms with Crippen molar-refractivity contribution in [2.45, 2.75) is 13.0 Å². The molecule has 0 fully saturated rings. The van der Waals surface area contributed by atoms with Gasteiger partial charge >= 0.3 is 6.03 Å². The number of halogens is 2. The maximum absolute atomic E-state index is 12.4. The van der Waals surface area contributed by atoms with Crippen LogP contribution in [0.15, 0.2) is 36.9 Å². The van der Waals surface area contributed by atoms with E-state index in [2.05, 4.69) is 30.7 Å². The van der Waals surface area contributed by atoms with Gasteiger partial charge in [-0.25, -0.2) is 19.7 Å². The quantitative estimate of drug-likeness (QED) is 0.671. The Morgan fingerprint density at radius 2 is 1.93 bits per heavy atom. The van der Waals surface area contributed by atoms with E-state index in [1.54, 1.807) is 25.4 Å². The van der Waals surface area contributed by atoms with Gasteiger partial charge in [0.05, 0.1) is 28.9 Å². The Bertz CT molecular complexity index is 949. The number of amides is 2. The zero-order valence-corrected chi connectivity index (χ0v) is 15.9. The number of ether oxygens (including phenoxy) is 1. The summed E-state index contributed by atoms with van der Waals surface area (Å²) in [7, 11) is 1.47. The third-order valence-corrected chi connectivity index (χ3v) is 4.15. The molecular formula is C16H15Cl2N7O2. The van der Waals surface area contributed by atoms with Gasteiger partial charge in [0.15, 0.2) is 5.82 Å². The van der Waals surface area contributed by atoms with Gasteiger partial charge < -0.3 is 15.4 Å². The van der Waals surface area contributed by atoms with Gasteiger partial charge in [-0.1, -0.05) is 23.2 Å². The van der Waals surface area contributed by atoms with E-state index in [9.17, 15) is 4.79 Å². The Kier molecular flexibility index (Phi) is 5.72. The van der Waals surface area contributed by atoms with E-state index in [-0.39, 0.29) is 5.02 Å². The lowest BCUT2D eigenvalue weighted by Crippen LogP contribution is -2.32. The number of nitrogens with one attached hydrogen (secondary N) is 2. The van der Waals surface area contributed by atoms with Crippen molar-refractivity contribution in [2.24, 2.45) is 0 Å². The SMILES string of the molecule is COc1cc(NC(=O)NC(C)c2ncnn2-c2ncccn2)c(Cl)cc1Cl. The minimum absolute atomic E-state index is 0.282. The molecule has 140 valence electrons. The third kappa shape index (κ3) is 4.26. The van der Waals surface area contributed by atoms with E-state index in [1.165, 1.54) is 30.3 Å². The lowest BCUT2D eigenvalue weighted by atomic mass is 10.3. The van der Waals surface area contributed by atoms with Crippen LogP contribution in [0.1, 0.15) is 18.8 Å². The topological polar surface area (TPSA) is 107 Å². The van der Waals surface area contributed by atoms with Gasteiger partial charge in [0.25, 0.3) is 5.95 Å². The summed E-state index contributed by atoms with van der Waals surface area (Å²) in [6.45, 7) is 1.76. The Balaban J connectivity index is 1.73. The van der Waals surface area contributed by atoms with Gasteiger partial charge in [-0.05, 0) is 19.1 Å². The van der Waals surface area contributed by atoms with E-state index in [1.807, 2.05) is 0 Å². The first-order valence-electron chi connectivity index (χ1n) is 7.77. The summed E-state index contributed by atoms with van der Waals surface area (Å²) in [4.78, 5) is 24.8. The molecule has 2 heterocycles. The van der Waals surface area contributed by atoms with Crippen LogP contribution in [0.25, 0.3) is 5.95 Å². The van der Waals surface area contributed by atoms with Crippen LogP contribution in [0.3, 0.4) is 0 Å². The highest BCUT2D eigenvalue weighted by Crippen LogP contribution is 2.34. The minimum Gasteiger partial charge on any atom is -0.495 e. The second-order valence-electron chi connectivity index (χ2n) is 5.37. The van der Waals surface area contributed by atoms with Crippen molar-refractivity contribution in [1.29, 1.82) is 0 Å². The van der Waals surface area contributed by atoms with Crippen molar-refractivity contribution < 1.29 is 9.53 Å². The van der Waals surface area contributed by atoms with E-state index in [4.69, 9.17) is 27.9 Å². The summed E-state index contributed by atoms with van der Waals surface area (Å²) in [6.07, 6.45) is 4.55. The van der Waals surface area contributed by atoms with Crippen LogP contribution in [0.5, 0.6) is 5.75 Å². The molecule has 2 aromatic heterocycles. The summed E-state index contributed by atoms with van der Waals surface area (Å²) in [5.41, 5.74) is 0.357. The first-order valence-corrected chi connectivity index (χ1v) is 8.53. The number of urea groups is 1. The average molecular weight is 408 g/mol. The highest BCUT2D eigenvalue weighted by Gasteiger charge is 2.19. The summed E-state index contributed by atoms with van der Waals surface area (Å²) >= 11 is 12.1. The Morgan fingerprint density at radius 1 is 1.19 bits per heavy atom. The lowest BCUT2D eigenvalue weighted by molar-refractivity contribution is 0.248. The smallest absolute Gasteiger partial charge is 0.319 e. The molecule has 1 aromatic carbocycles. The first kappa shape index (κ1) is 18.9. The van der Waals surface area contributed by atoms with E-state index in [0.29, 0.717) is 28.2 Å². The van der Waals surface area contributed by atoms with Gasteiger partial charge in [-0.3, -0.25) is 0 Å². The van der Waals surface area contributed by atoms with Gasteiger partial charge in [-0.2, -0.15) is 9.78 Å². The molecule has 9 nitrogen and oxygen atoms in total. The maximum Gasteiger partial charge on any atom is 0.319 e. The fourth-order valence-corrected chi connectivity index (χ4v) is 2.81. The number of anilines is 1. The summed E-state index contributed by atoms with van der Waals surface area (Å²) in [5, 5.41) is 10.1. The number of hydrogen-bond donors (Lipinski definition) is 2. The highest BCUT2D eigenvalue weighted by atomic mass is 35.5. The number of benzene rings is 1. The highest BCUT2D eigenvalue weighted by molar-refractivity contribution is 6.37. The third-order valence-electron chi connectivity index (χ3n) is 3.54. The molecule has 0 saturated heterocycles. The molecule has 11 heteroatoms.